The van der Waals surface area contributed by atoms with Gasteiger partial charge in [0, 0.05) is 37.5 Å². The summed E-state index contributed by atoms with van der Waals surface area (Å²) in [6.07, 6.45) is 4.18. The second kappa shape index (κ2) is 8.29. The first-order valence-corrected chi connectivity index (χ1v) is 9.36. The smallest absolute Gasteiger partial charge is 0.321 e. The van der Waals surface area contributed by atoms with Crippen molar-refractivity contribution < 1.29 is 9.53 Å². The van der Waals surface area contributed by atoms with E-state index in [1.165, 1.54) is 12.8 Å². The summed E-state index contributed by atoms with van der Waals surface area (Å²) in [6.45, 7) is 6.43. The van der Waals surface area contributed by atoms with Gasteiger partial charge in [0.05, 0.1) is 30.7 Å². The molecule has 0 aliphatic carbocycles. The molecule has 1 aliphatic heterocycles. The van der Waals surface area contributed by atoms with Crippen LogP contribution in [0.4, 0.5) is 16.2 Å². The first-order chi connectivity index (χ1) is 13.0. The van der Waals surface area contributed by atoms with Crippen LogP contribution in [0.25, 0.3) is 0 Å². The largest absolute Gasteiger partial charge is 0.496 e. The van der Waals surface area contributed by atoms with E-state index < -0.39 is 0 Å². The summed E-state index contributed by atoms with van der Waals surface area (Å²) in [5, 5.41) is 3.05. The fraction of sp³-hybridized carbons (Fsp3) is 0.429. The zero-order chi connectivity index (χ0) is 19.4. The van der Waals surface area contributed by atoms with E-state index in [2.05, 4.69) is 21.3 Å². The number of ether oxygens (including phenoxy) is 1. The molecule has 144 valence electrons. The highest BCUT2D eigenvalue weighted by Gasteiger charge is 2.19. The maximum Gasteiger partial charge on any atom is 0.321 e. The molecule has 6 heteroatoms. The van der Waals surface area contributed by atoms with Gasteiger partial charge < -0.3 is 19.9 Å². The fourth-order valence-corrected chi connectivity index (χ4v) is 3.55. The Morgan fingerprint density at radius 2 is 1.96 bits per heavy atom. The Morgan fingerprint density at radius 3 is 2.67 bits per heavy atom. The van der Waals surface area contributed by atoms with Crippen molar-refractivity contribution >= 4 is 17.4 Å². The third kappa shape index (κ3) is 4.15. The number of nitrogens with zero attached hydrogens (tertiary/aromatic N) is 3. The molecule has 0 spiro atoms. The van der Waals surface area contributed by atoms with E-state index in [9.17, 15) is 4.79 Å². The standard InChI is InChI=1S/C21H28N4O2/c1-15-13-22-18(16(2)20(15)27-4)14-24(3)21(26)23-17-9-5-6-10-19(17)25-11-7-8-12-25/h5-6,9-10,13H,7-8,11-12,14H2,1-4H3,(H,23,26). The van der Waals surface area contributed by atoms with Gasteiger partial charge in [-0.3, -0.25) is 4.98 Å². The van der Waals surface area contributed by atoms with Crippen molar-refractivity contribution in [2.45, 2.75) is 33.2 Å². The lowest BCUT2D eigenvalue weighted by molar-refractivity contribution is 0.220. The number of rotatable bonds is 5. The molecule has 1 N–H and O–H groups in total. The molecule has 0 bridgehead atoms. The zero-order valence-electron chi connectivity index (χ0n) is 16.6. The van der Waals surface area contributed by atoms with Crippen molar-refractivity contribution in [1.82, 2.24) is 9.88 Å². The number of hydrogen-bond acceptors (Lipinski definition) is 4. The summed E-state index contributed by atoms with van der Waals surface area (Å²) in [6, 6.07) is 7.84. The van der Waals surface area contributed by atoms with Crippen LogP contribution in [0.1, 0.15) is 29.7 Å². The highest BCUT2D eigenvalue weighted by atomic mass is 16.5. The predicted molar refractivity (Wildman–Crippen MR) is 109 cm³/mol. The summed E-state index contributed by atoms with van der Waals surface area (Å²) in [5.74, 6) is 0.827. The molecule has 1 fully saturated rings. The molecular weight excluding hydrogens is 340 g/mol. The molecule has 0 unspecified atom stereocenters. The molecule has 6 nitrogen and oxygen atoms in total. The predicted octanol–water partition coefficient (Wildman–Crippen LogP) is 3.97. The number of aryl methyl sites for hydroxylation is 1. The lowest BCUT2D eigenvalue weighted by atomic mass is 10.1. The van der Waals surface area contributed by atoms with Crippen molar-refractivity contribution in [3.05, 3.63) is 47.3 Å². The van der Waals surface area contributed by atoms with Crippen molar-refractivity contribution in [1.29, 1.82) is 0 Å². The Hall–Kier alpha value is -2.76. The van der Waals surface area contributed by atoms with E-state index in [1.807, 2.05) is 32.0 Å². The van der Waals surface area contributed by atoms with Gasteiger partial charge in [0.25, 0.3) is 0 Å². The number of urea groups is 1. The van der Waals surface area contributed by atoms with Crippen molar-refractivity contribution in [3.63, 3.8) is 0 Å². The topological polar surface area (TPSA) is 57.7 Å². The van der Waals surface area contributed by atoms with Crippen LogP contribution in [0.5, 0.6) is 5.75 Å². The third-order valence-corrected chi connectivity index (χ3v) is 5.08. The van der Waals surface area contributed by atoms with Gasteiger partial charge in [-0.1, -0.05) is 12.1 Å². The van der Waals surface area contributed by atoms with Crippen LogP contribution in [-0.2, 0) is 6.54 Å². The monoisotopic (exact) mass is 368 g/mol. The molecule has 1 aliphatic rings. The number of para-hydroxylation sites is 2. The Labute approximate surface area is 161 Å². The minimum Gasteiger partial charge on any atom is -0.496 e. The van der Waals surface area contributed by atoms with E-state index in [4.69, 9.17) is 4.74 Å². The fourth-order valence-electron chi connectivity index (χ4n) is 3.55. The van der Waals surface area contributed by atoms with E-state index in [1.54, 1.807) is 25.3 Å². The van der Waals surface area contributed by atoms with Crippen LogP contribution in [-0.4, -0.2) is 43.2 Å². The van der Waals surface area contributed by atoms with Crippen molar-refractivity contribution in [2.24, 2.45) is 0 Å². The maximum absolute atomic E-state index is 12.8. The highest BCUT2D eigenvalue weighted by molar-refractivity contribution is 5.93. The third-order valence-electron chi connectivity index (χ3n) is 5.08. The highest BCUT2D eigenvalue weighted by Crippen LogP contribution is 2.29. The number of anilines is 2. The van der Waals surface area contributed by atoms with Crippen LogP contribution in [0.3, 0.4) is 0 Å². The Morgan fingerprint density at radius 1 is 1.26 bits per heavy atom. The van der Waals surface area contributed by atoms with Crippen LogP contribution >= 0.6 is 0 Å². The Balaban J connectivity index is 1.72. The van der Waals surface area contributed by atoms with Gasteiger partial charge in [-0.25, -0.2) is 4.79 Å². The molecule has 0 saturated carbocycles. The Bertz CT molecular complexity index is 816. The number of methoxy groups -OCH3 is 1. The van der Waals surface area contributed by atoms with E-state index >= 15 is 0 Å². The van der Waals surface area contributed by atoms with Gasteiger partial charge in [-0.2, -0.15) is 0 Å². The number of aromatic nitrogens is 1. The van der Waals surface area contributed by atoms with Crippen LogP contribution in [0.15, 0.2) is 30.5 Å². The van der Waals surface area contributed by atoms with Gasteiger partial charge in [0.1, 0.15) is 5.75 Å². The second-order valence-corrected chi connectivity index (χ2v) is 7.04. The van der Waals surface area contributed by atoms with Gasteiger partial charge >= 0.3 is 6.03 Å². The van der Waals surface area contributed by atoms with Gasteiger partial charge in [0.2, 0.25) is 0 Å². The molecule has 3 rings (SSSR count). The number of nitrogens with one attached hydrogen (secondary N) is 1. The second-order valence-electron chi connectivity index (χ2n) is 7.04. The molecule has 0 radical (unpaired) electrons. The van der Waals surface area contributed by atoms with Crippen molar-refractivity contribution in [3.8, 4) is 5.75 Å². The van der Waals surface area contributed by atoms with Gasteiger partial charge in [-0.15, -0.1) is 0 Å². The summed E-state index contributed by atoms with van der Waals surface area (Å²) in [5.41, 5.74) is 4.73. The Kier molecular flexibility index (Phi) is 5.84. The lowest BCUT2D eigenvalue weighted by Crippen LogP contribution is -2.32. The summed E-state index contributed by atoms with van der Waals surface area (Å²) < 4.78 is 5.46. The molecule has 1 aromatic carbocycles. The SMILES string of the molecule is COc1c(C)cnc(CN(C)C(=O)Nc2ccccc2N2CCCC2)c1C. The number of carbonyl (C=O) groups excluding carboxylic acids is 1. The molecule has 27 heavy (non-hydrogen) atoms. The first-order valence-electron chi connectivity index (χ1n) is 9.36. The van der Waals surface area contributed by atoms with E-state index in [-0.39, 0.29) is 6.03 Å². The summed E-state index contributed by atoms with van der Waals surface area (Å²) in [4.78, 5) is 21.2. The number of pyridine rings is 1. The summed E-state index contributed by atoms with van der Waals surface area (Å²) in [7, 11) is 3.44. The van der Waals surface area contributed by atoms with E-state index in [0.29, 0.717) is 6.54 Å². The van der Waals surface area contributed by atoms with Crippen molar-refractivity contribution in [2.75, 3.05) is 37.5 Å². The molecule has 1 saturated heterocycles. The minimum atomic E-state index is -0.151. The number of amides is 2. The minimum absolute atomic E-state index is 0.151. The number of hydrogen-bond donors (Lipinski definition) is 1. The maximum atomic E-state index is 12.8. The average Bonchev–Trinajstić information content (AvgIpc) is 3.19. The van der Waals surface area contributed by atoms with Crippen LogP contribution in [0.2, 0.25) is 0 Å². The first kappa shape index (κ1) is 19.0. The van der Waals surface area contributed by atoms with Crippen LogP contribution in [0, 0.1) is 13.8 Å². The number of carbonyl (C=O) groups is 1. The molecular formula is C21H28N4O2. The summed E-state index contributed by atoms with van der Waals surface area (Å²) >= 11 is 0. The number of benzene rings is 1. The quantitative estimate of drug-likeness (QED) is 0.867. The molecule has 2 aromatic rings. The molecule has 2 heterocycles. The van der Waals surface area contributed by atoms with Crippen LogP contribution < -0.4 is 15.0 Å². The molecule has 1 aromatic heterocycles. The van der Waals surface area contributed by atoms with Gasteiger partial charge in [0.15, 0.2) is 0 Å². The normalized spacial score (nSPS) is 13.6. The lowest BCUT2D eigenvalue weighted by Gasteiger charge is -2.24. The molecule has 2 amide bonds. The van der Waals surface area contributed by atoms with E-state index in [0.717, 1.165) is 47.0 Å². The average molecular weight is 368 g/mol. The van der Waals surface area contributed by atoms with Gasteiger partial charge in [-0.05, 0) is 38.8 Å². The zero-order valence-corrected chi connectivity index (χ0v) is 16.6. The molecule has 0 atom stereocenters.